The molecule has 0 bridgehead atoms. The van der Waals surface area contributed by atoms with E-state index in [1.807, 2.05) is 0 Å². The van der Waals surface area contributed by atoms with Gasteiger partial charge in [0.25, 0.3) is 0 Å². The Hall–Kier alpha value is -1.59. The first kappa shape index (κ1) is 21.7. The lowest BCUT2D eigenvalue weighted by Crippen LogP contribution is -2.49. The maximum atomic E-state index is 5.77. The zero-order valence-corrected chi connectivity index (χ0v) is 17.8. The molecule has 1 aliphatic rings. The van der Waals surface area contributed by atoms with Crippen molar-refractivity contribution in [3.8, 4) is 0 Å². The third-order valence-corrected chi connectivity index (χ3v) is 5.01. The standard InChI is InChI=1S/C22H38N4O/c1-6-23-21(26-15-13-20(14-16-26)27-7-2)24-17-22(4,5)25-18(3)19-11-9-8-10-12-19/h8-12,18,20,25H,6-7,13-17H2,1-5H3,(H,23,24). The minimum atomic E-state index is -0.0838. The maximum absolute atomic E-state index is 5.77. The van der Waals surface area contributed by atoms with Gasteiger partial charge >= 0.3 is 0 Å². The number of aliphatic imine (C=N–C) groups is 1. The Bertz CT molecular complexity index is 565. The number of rotatable bonds is 8. The summed E-state index contributed by atoms with van der Waals surface area (Å²) in [5, 5.41) is 7.19. The molecule has 0 aliphatic carbocycles. The number of benzene rings is 1. The lowest BCUT2D eigenvalue weighted by Gasteiger charge is -2.35. The second kappa shape index (κ2) is 10.7. The molecule has 2 N–H and O–H groups in total. The van der Waals surface area contributed by atoms with E-state index in [2.05, 4.69) is 80.5 Å². The fourth-order valence-corrected chi connectivity index (χ4v) is 3.63. The van der Waals surface area contributed by atoms with E-state index in [1.54, 1.807) is 0 Å². The minimum absolute atomic E-state index is 0.0838. The Balaban J connectivity index is 1.94. The highest BCUT2D eigenvalue weighted by molar-refractivity contribution is 5.80. The van der Waals surface area contributed by atoms with Crippen LogP contribution in [0.15, 0.2) is 35.3 Å². The Labute approximate surface area is 165 Å². The van der Waals surface area contributed by atoms with Crippen LogP contribution in [0, 0.1) is 0 Å². The van der Waals surface area contributed by atoms with E-state index in [1.165, 1.54) is 5.56 Å². The van der Waals surface area contributed by atoms with Gasteiger partial charge in [0, 0.05) is 37.8 Å². The van der Waals surface area contributed by atoms with Gasteiger partial charge in [-0.05, 0) is 53.0 Å². The first-order chi connectivity index (χ1) is 12.9. The molecule has 0 spiro atoms. The summed E-state index contributed by atoms with van der Waals surface area (Å²) in [6.07, 6.45) is 2.55. The van der Waals surface area contributed by atoms with Crippen molar-refractivity contribution in [3.63, 3.8) is 0 Å². The van der Waals surface area contributed by atoms with E-state index in [9.17, 15) is 0 Å². The number of likely N-dealkylation sites (tertiary alicyclic amines) is 1. The Morgan fingerprint density at radius 3 is 2.48 bits per heavy atom. The van der Waals surface area contributed by atoms with Gasteiger partial charge in [0.15, 0.2) is 5.96 Å². The number of hydrogen-bond donors (Lipinski definition) is 2. The predicted molar refractivity (Wildman–Crippen MR) is 114 cm³/mol. The van der Waals surface area contributed by atoms with Crippen molar-refractivity contribution in [3.05, 3.63) is 35.9 Å². The molecule has 27 heavy (non-hydrogen) atoms. The van der Waals surface area contributed by atoms with Gasteiger partial charge in [0.1, 0.15) is 0 Å². The van der Waals surface area contributed by atoms with Crippen LogP contribution in [0.5, 0.6) is 0 Å². The monoisotopic (exact) mass is 374 g/mol. The second-order valence-corrected chi connectivity index (χ2v) is 7.97. The molecule has 1 unspecified atom stereocenters. The zero-order chi connectivity index (χ0) is 19.7. The van der Waals surface area contributed by atoms with E-state index in [4.69, 9.17) is 9.73 Å². The fraction of sp³-hybridized carbons (Fsp3) is 0.682. The van der Waals surface area contributed by atoms with Crippen LogP contribution in [-0.4, -0.2) is 55.3 Å². The summed E-state index contributed by atoms with van der Waals surface area (Å²) in [6, 6.07) is 10.9. The summed E-state index contributed by atoms with van der Waals surface area (Å²) in [5.74, 6) is 1.02. The van der Waals surface area contributed by atoms with Crippen molar-refractivity contribution in [1.29, 1.82) is 0 Å². The quantitative estimate of drug-likeness (QED) is 0.539. The molecule has 0 amide bonds. The first-order valence-corrected chi connectivity index (χ1v) is 10.4. The van der Waals surface area contributed by atoms with Crippen LogP contribution in [0.3, 0.4) is 0 Å². The van der Waals surface area contributed by atoms with Crippen molar-refractivity contribution < 1.29 is 4.74 Å². The Kier molecular flexibility index (Phi) is 8.58. The topological polar surface area (TPSA) is 48.9 Å². The molecule has 1 saturated heterocycles. The molecule has 1 atom stereocenters. The Morgan fingerprint density at radius 1 is 1.22 bits per heavy atom. The summed E-state index contributed by atoms with van der Waals surface area (Å²) >= 11 is 0. The molecule has 1 fully saturated rings. The normalized spacial score (nSPS) is 17.8. The van der Waals surface area contributed by atoms with Gasteiger partial charge in [-0.2, -0.15) is 0 Å². The molecule has 1 aliphatic heterocycles. The van der Waals surface area contributed by atoms with E-state index < -0.39 is 0 Å². The van der Waals surface area contributed by atoms with E-state index in [0.717, 1.165) is 51.6 Å². The van der Waals surface area contributed by atoms with Crippen molar-refractivity contribution in [2.45, 2.75) is 65.1 Å². The number of ether oxygens (including phenoxy) is 1. The van der Waals surface area contributed by atoms with E-state index in [0.29, 0.717) is 12.1 Å². The molecule has 0 saturated carbocycles. The van der Waals surface area contributed by atoms with Gasteiger partial charge in [-0.25, -0.2) is 0 Å². The van der Waals surface area contributed by atoms with Crippen molar-refractivity contribution >= 4 is 5.96 Å². The fourth-order valence-electron chi connectivity index (χ4n) is 3.63. The van der Waals surface area contributed by atoms with Crippen molar-refractivity contribution in [2.75, 3.05) is 32.8 Å². The summed E-state index contributed by atoms with van der Waals surface area (Å²) in [6.45, 7) is 15.3. The van der Waals surface area contributed by atoms with Crippen molar-refractivity contribution in [2.24, 2.45) is 4.99 Å². The largest absolute Gasteiger partial charge is 0.378 e. The van der Waals surface area contributed by atoms with Gasteiger partial charge in [-0.15, -0.1) is 0 Å². The summed E-state index contributed by atoms with van der Waals surface area (Å²) in [7, 11) is 0. The van der Waals surface area contributed by atoms with Gasteiger partial charge in [0.05, 0.1) is 12.6 Å². The van der Waals surface area contributed by atoms with E-state index in [-0.39, 0.29) is 5.54 Å². The number of nitrogens with one attached hydrogen (secondary N) is 2. The third-order valence-electron chi connectivity index (χ3n) is 5.01. The van der Waals surface area contributed by atoms with Crippen LogP contribution < -0.4 is 10.6 Å². The summed E-state index contributed by atoms with van der Waals surface area (Å²) in [4.78, 5) is 7.33. The average molecular weight is 375 g/mol. The van der Waals surface area contributed by atoms with E-state index >= 15 is 0 Å². The lowest BCUT2D eigenvalue weighted by molar-refractivity contribution is 0.0263. The van der Waals surface area contributed by atoms with Crippen molar-refractivity contribution in [1.82, 2.24) is 15.5 Å². The number of nitrogens with zero attached hydrogens (tertiary/aromatic N) is 2. The van der Waals surface area contributed by atoms with Gasteiger partial charge in [-0.1, -0.05) is 30.3 Å². The molecular formula is C22H38N4O. The number of hydrogen-bond acceptors (Lipinski definition) is 3. The third kappa shape index (κ3) is 7.15. The van der Waals surface area contributed by atoms with Crippen LogP contribution >= 0.6 is 0 Å². The SMILES string of the molecule is CCNC(=NCC(C)(C)NC(C)c1ccccc1)N1CCC(OCC)CC1. The molecule has 1 aromatic rings. The molecule has 152 valence electrons. The van der Waals surface area contributed by atoms with Crippen LogP contribution in [0.2, 0.25) is 0 Å². The highest BCUT2D eigenvalue weighted by Crippen LogP contribution is 2.17. The summed E-state index contributed by atoms with van der Waals surface area (Å²) < 4.78 is 5.77. The molecule has 1 aromatic carbocycles. The number of guanidine groups is 1. The predicted octanol–water partition coefficient (Wildman–Crippen LogP) is 3.58. The molecule has 5 heteroatoms. The molecule has 0 aromatic heterocycles. The zero-order valence-electron chi connectivity index (χ0n) is 17.8. The average Bonchev–Trinajstić information content (AvgIpc) is 2.66. The molecule has 5 nitrogen and oxygen atoms in total. The Morgan fingerprint density at radius 2 is 1.89 bits per heavy atom. The lowest BCUT2D eigenvalue weighted by atomic mass is 10.0. The molecule has 2 rings (SSSR count). The highest BCUT2D eigenvalue weighted by atomic mass is 16.5. The van der Waals surface area contributed by atoms with Crippen LogP contribution in [0.25, 0.3) is 0 Å². The highest BCUT2D eigenvalue weighted by Gasteiger charge is 2.24. The van der Waals surface area contributed by atoms with Gasteiger partial charge in [-0.3, -0.25) is 4.99 Å². The van der Waals surface area contributed by atoms with Crippen LogP contribution in [0.1, 0.15) is 59.1 Å². The van der Waals surface area contributed by atoms with Crippen LogP contribution in [-0.2, 0) is 4.74 Å². The van der Waals surface area contributed by atoms with Crippen LogP contribution in [0.4, 0.5) is 0 Å². The smallest absolute Gasteiger partial charge is 0.193 e. The maximum Gasteiger partial charge on any atom is 0.193 e. The summed E-state index contributed by atoms with van der Waals surface area (Å²) in [5.41, 5.74) is 1.22. The minimum Gasteiger partial charge on any atom is -0.378 e. The molecule has 1 heterocycles. The molecule has 0 radical (unpaired) electrons. The molecular weight excluding hydrogens is 336 g/mol. The first-order valence-electron chi connectivity index (χ1n) is 10.4. The van der Waals surface area contributed by atoms with Gasteiger partial charge in [0.2, 0.25) is 0 Å². The number of piperidine rings is 1. The van der Waals surface area contributed by atoms with Gasteiger partial charge < -0.3 is 20.3 Å². The second-order valence-electron chi connectivity index (χ2n) is 7.97.